The van der Waals surface area contributed by atoms with Gasteiger partial charge in [0.1, 0.15) is 5.75 Å². The molecule has 2 aromatic carbocycles. The Morgan fingerprint density at radius 3 is 2.18 bits per heavy atom. The van der Waals surface area contributed by atoms with Crippen LogP contribution < -0.4 is 5.32 Å². The van der Waals surface area contributed by atoms with Crippen LogP contribution in [-0.2, 0) is 5.41 Å². The molecular formula is C18H24ClNO2. The van der Waals surface area contributed by atoms with Gasteiger partial charge >= 0.3 is 0 Å². The first-order valence-electron chi connectivity index (χ1n) is 7.16. The number of aliphatic hydroxyl groups excluding tert-OH is 1. The smallest absolute Gasteiger partial charge is 0.119 e. The summed E-state index contributed by atoms with van der Waals surface area (Å²) in [7, 11) is 0. The lowest BCUT2D eigenvalue weighted by Crippen LogP contribution is -2.24. The third-order valence-electron chi connectivity index (χ3n) is 3.59. The SMILES string of the molecule is CC(C)(C)c1cc(C(NCO)c2ccccc2)ccc1O.Cl. The van der Waals surface area contributed by atoms with E-state index in [9.17, 15) is 10.2 Å². The van der Waals surface area contributed by atoms with Gasteiger partial charge < -0.3 is 10.2 Å². The Hall–Kier alpha value is -1.55. The lowest BCUT2D eigenvalue weighted by Gasteiger charge is -2.24. The van der Waals surface area contributed by atoms with Crippen LogP contribution in [-0.4, -0.2) is 16.9 Å². The highest BCUT2D eigenvalue weighted by atomic mass is 35.5. The van der Waals surface area contributed by atoms with Crippen molar-refractivity contribution < 1.29 is 10.2 Å². The van der Waals surface area contributed by atoms with Gasteiger partial charge in [-0.15, -0.1) is 12.4 Å². The van der Waals surface area contributed by atoms with E-state index in [1.165, 1.54) is 0 Å². The maximum Gasteiger partial charge on any atom is 0.119 e. The van der Waals surface area contributed by atoms with Crippen molar-refractivity contribution in [2.45, 2.75) is 32.2 Å². The van der Waals surface area contributed by atoms with E-state index in [0.717, 1.165) is 16.7 Å². The summed E-state index contributed by atoms with van der Waals surface area (Å²) in [5.74, 6) is 0.307. The Labute approximate surface area is 138 Å². The zero-order chi connectivity index (χ0) is 15.5. The van der Waals surface area contributed by atoms with Crippen molar-refractivity contribution in [1.29, 1.82) is 0 Å². The van der Waals surface area contributed by atoms with Crippen molar-refractivity contribution in [3.05, 3.63) is 65.2 Å². The lowest BCUT2D eigenvalue weighted by atomic mass is 9.84. The molecule has 0 heterocycles. The maximum atomic E-state index is 10.1. The van der Waals surface area contributed by atoms with Crippen LogP contribution in [0.25, 0.3) is 0 Å². The third-order valence-corrected chi connectivity index (χ3v) is 3.59. The number of hydrogen-bond donors (Lipinski definition) is 3. The summed E-state index contributed by atoms with van der Waals surface area (Å²) < 4.78 is 0. The van der Waals surface area contributed by atoms with Crippen LogP contribution in [0.2, 0.25) is 0 Å². The molecule has 0 radical (unpaired) electrons. The van der Waals surface area contributed by atoms with Gasteiger partial charge in [0.05, 0.1) is 12.8 Å². The van der Waals surface area contributed by atoms with Crippen molar-refractivity contribution in [2.24, 2.45) is 0 Å². The molecule has 22 heavy (non-hydrogen) atoms. The molecule has 0 aliphatic carbocycles. The van der Waals surface area contributed by atoms with E-state index in [0.29, 0.717) is 5.75 Å². The van der Waals surface area contributed by atoms with Crippen molar-refractivity contribution in [1.82, 2.24) is 5.32 Å². The average Bonchev–Trinajstić information content (AvgIpc) is 2.45. The normalized spacial score (nSPS) is 12.5. The number of nitrogens with one attached hydrogen (secondary N) is 1. The number of benzene rings is 2. The van der Waals surface area contributed by atoms with Gasteiger partial charge in [-0.25, -0.2) is 0 Å². The highest BCUT2D eigenvalue weighted by Gasteiger charge is 2.21. The van der Waals surface area contributed by atoms with Gasteiger partial charge in [-0.05, 0) is 34.2 Å². The first kappa shape index (κ1) is 18.5. The standard InChI is InChI=1S/C18H23NO2.ClH/c1-18(2,3)15-11-14(9-10-16(15)21)17(19-12-20)13-7-5-4-6-8-13;/h4-11,17,19-21H,12H2,1-3H3;1H. The van der Waals surface area contributed by atoms with Gasteiger partial charge in [0.25, 0.3) is 0 Å². The molecule has 2 aromatic rings. The fourth-order valence-electron chi connectivity index (χ4n) is 2.50. The number of rotatable bonds is 4. The molecule has 1 unspecified atom stereocenters. The molecule has 1 atom stereocenters. The predicted octanol–water partition coefficient (Wildman–Crippen LogP) is 3.74. The average molecular weight is 322 g/mol. The monoisotopic (exact) mass is 321 g/mol. The molecule has 4 heteroatoms. The highest BCUT2D eigenvalue weighted by molar-refractivity contribution is 5.85. The zero-order valence-electron chi connectivity index (χ0n) is 13.2. The van der Waals surface area contributed by atoms with Gasteiger partial charge in [-0.2, -0.15) is 0 Å². The second-order valence-corrected chi connectivity index (χ2v) is 6.23. The van der Waals surface area contributed by atoms with Gasteiger partial charge in [0.2, 0.25) is 0 Å². The van der Waals surface area contributed by atoms with Crippen molar-refractivity contribution >= 4 is 12.4 Å². The minimum atomic E-state index is -0.138. The van der Waals surface area contributed by atoms with E-state index < -0.39 is 0 Å². The Bertz CT molecular complexity index is 594. The van der Waals surface area contributed by atoms with Crippen LogP contribution >= 0.6 is 12.4 Å². The van der Waals surface area contributed by atoms with Crippen LogP contribution in [0.15, 0.2) is 48.5 Å². The Morgan fingerprint density at radius 1 is 1.00 bits per heavy atom. The second-order valence-electron chi connectivity index (χ2n) is 6.23. The minimum Gasteiger partial charge on any atom is -0.508 e. The summed E-state index contributed by atoms with van der Waals surface area (Å²) >= 11 is 0. The van der Waals surface area contributed by atoms with E-state index in [2.05, 4.69) is 26.1 Å². The topological polar surface area (TPSA) is 52.5 Å². The molecule has 0 aliphatic rings. The molecule has 0 bridgehead atoms. The van der Waals surface area contributed by atoms with E-state index in [4.69, 9.17) is 0 Å². The number of hydrogen-bond acceptors (Lipinski definition) is 3. The van der Waals surface area contributed by atoms with Crippen LogP contribution in [0.1, 0.15) is 43.5 Å². The summed E-state index contributed by atoms with van der Waals surface area (Å²) in [5.41, 5.74) is 2.87. The van der Waals surface area contributed by atoms with Gasteiger partial charge in [-0.1, -0.05) is 57.2 Å². The largest absolute Gasteiger partial charge is 0.508 e. The molecule has 3 nitrogen and oxygen atoms in total. The second kappa shape index (κ2) is 7.63. The maximum absolute atomic E-state index is 10.1. The molecule has 0 saturated heterocycles. The molecular weight excluding hydrogens is 298 g/mol. The van der Waals surface area contributed by atoms with Crippen LogP contribution in [0.5, 0.6) is 5.75 Å². The van der Waals surface area contributed by atoms with Crippen LogP contribution in [0.3, 0.4) is 0 Å². The Balaban J connectivity index is 0.00000242. The van der Waals surface area contributed by atoms with Crippen molar-refractivity contribution in [3.63, 3.8) is 0 Å². The molecule has 0 fully saturated rings. The summed E-state index contributed by atoms with van der Waals surface area (Å²) in [4.78, 5) is 0. The van der Waals surface area contributed by atoms with Gasteiger partial charge in [0, 0.05) is 0 Å². The summed E-state index contributed by atoms with van der Waals surface area (Å²) in [5, 5.41) is 22.5. The molecule has 0 aromatic heterocycles. The summed E-state index contributed by atoms with van der Waals surface area (Å²) in [6, 6.07) is 15.5. The molecule has 120 valence electrons. The molecule has 0 saturated carbocycles. The molecule has 2 rings (SSSR count). The van der Waals surface area contributed by atoms with E-state index in [-0.39, 0.29) is 30.6 Å². The summed E-state index contributed by atoms with van der Waals surface area (Å²) in [6.45, 7) is 6.11. The van der Waals surface area contributed by atoms with Crippen molar-refractivity contribution in [2.75, 3.05) is 6.73 Å². The van der Waals surface area contributed by atoms with E-state index in [1.807, 2.05) is 42.5 Å². The Morgan fingerprint density at radius 2 is 1.64 bits per heavy atom. The van der Waals surface area contributed by atoms with Crippen LogP contribution in [0.4, 0.5) is 0 Å². The fraction of sp³-hybridized carbons (Fsp3) is 0.333. The number of halogens is 1. The van der Waals surface area contributed by atoms with E-state index >= 15 is 0 Å². The number of aromatic hydroxyl groups is 1. The molecule has 3 N–H and O–H groups in total. The molecule has 0 spiro atoms. The van der Waals surface area contributed by atoms with Crippen molar-refractivity contribution in [3.8, 4) is 5.75 Å². The summed E-state index contributed by atoms with van der Waals surface area (Å²) in [6.07, 6.45) is 0. The molecule has 0 amide bonds. The number of aliphatic hydroxyl groups is 1. The van der Waals surface area contributed by atoms with Crippen LogP contribution in [0, 0.1) is 0 Å². The fourth-order valence-corrected chi connectivity index (χ4v) is 2.50. The Kier molecular flexibility index (Phi) is 6.42. The first-order valence-corrected chi connectivity index (χ1v) is 7.16. The minimum absolute atomic E-state index is 0. The lowest BCUT2D eigenvalue weighted by molar-refractivity contribution is 0.249. The number of phenols is 1. The first-order chi connectivity index (χ1) is 9.93. The van der Waals surface area contributed by atoms with E-state index in [1.54, 1.807) is 6.07 Å². The number of phenolic OH excluding ortho intramolecular Hbond substituents is 1. The molecule has 0 aliphatic heterocycles. The zero-order valence-corrected chi connectivity index (χ0v) is 14.0. The highest BCUT2D eigenvalue weighted by Crippen LogP contribution is 2.34. The van der Waals surface area contributed by atoms with Gasteiger partial charge in [0.15, 0.2) is 0 Å². The quantitative estimate of drug-likeness (QED) is 0.752. The predicted molar refractivity (Wildman–Crippen MR) is 92.6 cm³/mol. The third kappa shape index (κ3) is 4.23. The van der Waals surface area contributed by atoms with Gasteiger partial charge in [-0.3, -0.25) is 5.32 Å².